The average molecular weight is 952 g/mol. The van der Waals surface area contributed by atoms with Gasteiger partial charge in [0.1, 0.15) is 35.4 Å². The largest absolute Gasteiger partial charge is 0.451 e. The van der Waals surface area contributed by atoms with Crippen molar-refractivity contribution >= 4 is 55.3 Å². The Hall–Kier alpha value is -6.63. The summed E-state index contributed by atoms with van der Waals surface area (Å²) in [4.78, 5) is 44.7. The van der Waals surface area contributed by atoms with Crippen LogP contribution in [0.25, 0.3) is 39.0 Å². The summed E-state index contributed by atoms with van der Waals surface area (Å²) in [5.41, 5.74) is -4.52. The van der Waals surface area contributed by atoms with Crippen LogP contribution in [0, 0.1) is 17.6 Å². The standard InChI is InChI=1S/C39H27ClF9N11O4S/c1-58-30-25(6-4-21(40)28(30)34(56-58)57-65(2,63)64)60-35(54-33-18(36(60)62)3-5-22(52-33)23-7-8-50-37(53-23)39(47,48)49)24(11-15-9-16(41)12-17(42)10-15)51-26(61)14-59-31-27(29(55-59)32(43)44)19-13-20(19)38(31,45)46/h3-10,12,19-20,24,32H,11,13-14H2,1-2H3,(H,51,61)(H,56,57)/t19-,20+,24-/m0/s1. The van der Waals surface area contributed by atoms with Crippen molar-refractivity contribution in [1.82, 2.24) is 49.4 Å². The molecule has 1 amide bonds. The molecule has 1 saturated carbocycles. The summed E-state index contributed by atoms with van der Waals surface area (Å²) in [5, 5.41) is 10.0. The van der Waals surface area contributed by atoms with Gasteiger partial charge in [-0.15, -0.1) is 0 Å². The van der Waals surface area contributed by atoms with Crippen molar-refractivity contribution in [2.24, 2.45) is 13.0 Å². The molecule has 0 unspecified atom stereocenters. The van der Waals surface area contributed by atoms with Crippen molar-refractivity contribution in [2.75, 3.05) is 11.0 Å². The van der Waals surface area contributed by atoms with E-state index in [0.717, 1.165) is 52.0 Å². The van der Waals surface area contributed by atoms with Crippen LogP contribution in [-0.4, -0.2) is 64.6 Å². The highest BCUT2D eigenvalue weighted by atomic mass is 35.5. The van der Waals surface area contributed by atoms with Crippen LogP contribution < -0.4 is 15.6 Å². The van der Waals surface area contributed by atoms with Crippen LogP contribution >= 0.6 is 11.6 Å². The molecule has 338 valence electrons. The van der Waals surface area contributed by atoms with Gasteiger partial charge in [0.25, 0.3) is 17.9 Å². The minimum absolute atomic E-state index is 0.0206. The fourth-order valence-electron chi connectivity index (χ4n) is 8.24. The first-order valence-corrected chi connectivity index (χ1v) is 21.3. The van der Waals surface area contributed by atoms with E-state index in [2.05, 4.69) is 40.2 Å². The third-order valence-electron chi connectivity index (χ3n) is 10.8. The van der Waals surface area contributed by atoms with E-state index < -0.39 is 111 Å². The van der Waals surface area contributed by atoms with Crippen molar-refractivity contribution in [1.29, 1.82) is 0 Å². The fraction of sp³-hybridized carbons (Fsp3) is 0.282. The van der Waals surface area contributed by atoms with Crippen LogP contribution in [0.1, 0.15) is 59.0 Å². The Morgan fingerprint density at radius 3 is 2.38 bits per heavy atom. The molecule has 2 N–H and O–H groups in total. The number of sulfonamides is 1. The Morgan fingerprint density at radius 1 is 1.00 bits per heavy atom. The quantitative estimate of drug-likeness (QED) is 0.130. The first-order chi connectivity index (χ1) is 30.5. The first-order valence-electron chi connectivity index (χ1n) is 19.0. The van der Waals surface area contributed by atoms with E-state index in [1.54, 1.807) is 0 Å². The van der Waals surface area contributed by atoms with Gasteiger partial charge in [0.05, 0.1) is 50.7 Å². The summed E-state index contributed by atoms with van der Waals surface area (Å²) < 4.78 is 159. The average Bonchev–Trinajstić information content (AvgIpc) is 3.75. The zero-order valence-electron chi connectivity index (χ0n) is 33.0. The Morgan fingerprint density at radius 2 is 1.71 bits per heavy atom. The SMILES string of the molecule is Cn1nc(NS(C)(=O)=O)c2c(Cl)ccc(-n3c([C@H](Cc4cc(F)cc(F)c4)NC(=O)Cn4nc(C(F)F)c5c4C(F)(F)[C@@H]4C[C@H]54)nc4nc(-c5ccnc(C(F)(F)F)n5)ccc4c3=O)c21. The van der Waals surface area contributed by atoms with Gasteiger partial charge in [0.2, 0.25) is 21.8 Å². The number of carbonyl (C=O) groups excluding carboxylic acids is 1. The number of pyridine rings is 1. The summed E-state index contributed by atoms with van der Waals surface area (Å²) in [6.07, 6.45) is -7.26. The lowest BCUT2D eigenvalue weighted by Crippen LogP contribution is -2.38. The highest BCUT2D eigenvalue weighted by molar-refractivity contribution is 7.92. The van der Waals surface area contributed by atoms with E-state index in [0.29, 0.717) is 10.7 Å². The molecule has 0 saturated heterocycles. The maximum absolute atomic E-state index is 15.5. The van der Waals surface area contributed by atoms with Crippen molar-refractivity contribution in [3.05, 3.63) is 116 Å². The van der Waals surface area contributed by atoms with Gasteiger partial charge in [-0.1, -0.05) is 11.6 Å². The van der Waals surface area contributed by atoms with E-state index in [9.17, 15) is 48.7 Å². The molecule has 2 aliphatic carbocycles. The highest BCUT2D eigenvalue weighted by Gasteiger charge is 2.67. The highest BCUT2D eigenvalue weighted by Crippen LogP contribution is 2.68. The fourth-order valence-corrected chi connectivity index (χ4v) is 8.98. The normalized spacial score (nSPS) is 17.1. The number of rotatable bonds is 11. The number of fused-ring (bicyclic) bond motifs is 5. The molecule has 3 atom stereocenters. The first kappa shape index (κ1) is 43.6. The Kier molecular flexibility index (Phi) is 10.2. The molecule has 0 aliphatic heterocycles. The molecule has 26 heteroatoms. The summed E-state index contributed by atoms with van der Waals surface area (Å²) in [6, 6.07) is 6.56. The molecule has 15 nitrogen and oxygen atoms in total. The number of nitrogens with zero attached hydrogens (tertiary/aromatic N) is 9. The van der Waals surface area contributed by atoms with Crippen LogP contribution in [0.15, 0.2) is 59.5 Å². The Bertz CT molecular complexity index is 3300. The van der Waals surface area contributed by atoms with E-state index in [-0.39, 0.29) is 61.8 Å². The Labute approximate surface area is 363 Å². The van der Waals surface area contributed by atoms with Crippen LogP contribution in [0.2, 0.25) is 5.02 Å². The number of hydrogen-bond donors (Lipinski definition) is 2. The van der Waals surface area contributed by atoms with Crippen molar-refractivity contribution in [2.45, 2.75) is 49.9 Å². The van der Waals surface area contributed by atoms with Gasteiger partial charge >= 0.3 is 6.18 Å². The molecule has 7 aromatic rings. The Balaban J connectivity index is 1.26. The summed E-state index contributed by atoms with van der Waals surface area (Å²) in [7, 11) is -2.63. The minimum atomic E-state index is -4.96. The van der Waals surface area contributed by atoms with Crippen molar-refractivity contribution < 1.29 is 52.7 Å². The number of carbonyl (C=O) groups is 1. The maximum Gasteiger partial charge on any atom is 0.451 e. The van der Waals surface area contributed by atoms with Crippen LogP contribution in [0.5, 0.6) is 0 Å². The number of benzene rings is 2. The molecule has 0 radical (unpaired) electrons. The second kappa shape index (κ2) is 15.2. The molecule has 5 aromatic heterocycles. The van der Waals surface area contributed by atoms with E-state index in [1.807, 2.05) is 0 Å². The van der Waals surface area contributed by atoms with Crippen LogP contribution in [0.4, 0.5) is 45.3 Å². The number of hydrogen-bond acceptors (Lipinski definition) is 10. The zero-order valence-corrected chi connectivity index (χ0v) is 34.5. The lowest BCUT2D eigenvalue weighted by atomic mass is 10.0. The second-order valence-corrected chi connectivity index (χ2v) is 17.5. The number of aryl methyl sites for hydroxylation is 1. The van der Waals surface area contributed by atoms with Crippen molar-refractivity contribution in [3.8, 4) is 17.1 Å². The van der Waals surface area contributed by atoms with Gasteiger partial charge in [0.15, 0.2) is 11.5 Å². The van der Waals surface area contributed by atoms with Gasteiger partial charge < -0.3 is 5.32 Å². The molecule has 5 heterocycles. The van der Waals surface area contributed by atoms with Gasteiger partial charge in [-0.25, -0.2) is 45.9 Å². The molecule has 65 heavy (non-hydrogen) atoms. The number of halogens is 10. The number of aromatic nitrogens is 9. The van der Waals surface area contributed by atoms with Gasteiger partial charge in [-0.3, -0.25) is 28.2 Å². The van der Waals surface area contributed by atoms with Crippen LogP contribution in [0.3, 0.4) is 0 Å². The van der Waals surface area contributed by atoms with E-state index in [1.165, 1.54) is 19.2 Å². The van der Waals surface area contributed by atoms with Crippen LogP contribution in [-0.2, 0) is 46.9 Å². The number of alkyl halides is 7. The summed E-state index contributed by atoms with van der Waals surface area (Å²) >= 11 is 6.57. The molecule has 9 rings (SSSR count). The zero-order chi connectivity index (χ0) is 46.7. The molecular formula is C39H27ClF9N11O4S. The lowest BCUT2D eigenvalue weighted by molar-refractivity contribution is -0.144. The van der Waals surface area contributed by atoms with Gasteiger partial charge in [-0.05, 0) is 60.4 Å². The lowest BCUT2D eigenvalue weighted by Gasteiger charge is -2.24. The summed E-state index contributed by atoms with van der Waals surface area (Å²) in [5.74, 6) is -11.4. The third kappa shape index (κ3) is 7.78. The number of anilines is 1. The van der Waals surface area contributed by atoms with Gasteiger partial charge in [0, 0.05) is 37.2 Å². The van der Waals surface area contributed by atoms with E-state index in [4.69, 9.17) is 11.6 Å². The molecule has 0 spiro atoms. The van der Waals surface area contributed by atoms with Gasteiger partial charge in [-0.2, -0.15) is 32.1 Å². The number of nitrogens with one attached hydrogen (secondary N) is 2. The topological polar surface area (TPSA) is 184 Å². The maximum atomic E-state index is 15.5. The molecule has 1 fully saturated rings. The minimum Gasteiger partial charge on any atom is -0.344 e. The number of amides is 1. The molecular weight excluding hydrogens is 925 g/mol. The molecule has 2 aliphatic rings. The molecule has 2 aromatic carbocycles. The predicted octanol–water partition coefficient (Wildman–Crippen LogP) is 6.89. The smallest absolute Gasteiger partial charge is 0.344 e. The third-order valence-corrected chi connectivity index (χ3v) is 11.7. The predicted molar refractivity (Wildman–Crippen MR) is 212 cm³/mol. The van der Waals surface area contributed by atoms with Crippen molar-refractivity contribution in [3.63, 3.8) is 0 Å². The monoisotopic (exact) mass is 951 g/mol. The summed E-state index contributed by atoms with van der Waals surface area (Å²) in [6.45, 7) is -1.10. The second-order valence-electron chi connectivity index (χ2n) is 15.4. The van der Waals surface area contributed by atoms with E-state index >= 15 is 8.78 Å². The molecule has 0 bridgehead atoms.